The predicted molar refractivity (Wildman–Crippen MR) is 62.7 cm³/mol. The Morgan fingerprint density at radius 2 is 2.12 bits per heavy atom. The maximum absolute atomic E-state index is 13.5. The molecule has 0 unspecified atom stereocenters. The van der Waals surface area contributed by atoms with E-state index in [2.05, 4.69) is 0 Å². The third-order valence-electron chi connectivity index (χ3n) is 2.45. The van der Waals surface area contributed by atoms with E-state index in [4.69, 9.17) is 5.73 Å². The van der Waals surface area contributed by atoms with E-state index in [0.717, 1.165) is 0 Å². The molecule has 0 heterocycles. The van der Waals surface area contributed by atoms with Gasteiger partial charge in [0.15, 0.2) is 0 Å². The van der Waals surface area contributed by atoms with Gasteiger partial charge in [-0.15, -0.1) is 0 Å². The number of benzene rings is 1. The zero-order valence-electron chi connectivity index (χ0n) is 9.83. The maximum Gasteiger partial charge on any atom is 0.257 e. The molecule has 16 heavy (non-hydrogen) atoms. The fourth-order valence-electron chi connectivity index (χ4n) is 1.60. The summed E-state index contributed by atoms with van der Waals surface area (Å²) < 4.78 is 13.5. The van der Waals surface area contributed by atoms with Crippen LogP contribution in [0.15, 0.2) is 18.2 Å². The van der Waals surface area contributed by atoms with Crippen LogP contribution in [0.5, 0.6) is 0 Å². The van der Waals surface area contributed by atoms with Crippen LogP contribution in [0.25, 0.3) is 0 Å². The highest BCUT2D eigenvalue weighted by molar-refractivity contribution is 5.95. The van der Waals surface area contributed by atoms with E-state index in [-0.39, 0.29) is 17.5 Å². The molecule has 0 saturated carbocycles. The fourth-order valence-corrected chi connectivity index (χ4v) is 1.60. The van der Waals surface area contributed by atoms with Crippen LogP contribution in [0.4, 0.5) is 10.1 Å². The Hall–Kier alpha value is -1.58. The molecule has 3 nitrogen and oxygen atoms in total. The van der Waals surface area contributed by atoms with Gasteiger partial charge in [0.05, 0.1) is 5.56 Å². The van der Waals surface area contributed by atoms with Gasteiger partial charge in [0.25, 0.3) is 5.91 Å². The summed E-state index contributed by atoms with van der Waals surface area (Å²) in [4.78, 5) is 13.6. The number of rotatable bonds is 3. The van der Waals surface area contributed by atoms with Gasteiger partial charge in [0.2, 0.25) is 0 Å². The standard InChI is InChI=1S/C12H17FN2O/c1-4-15(8(2)3)12(16)10-7-9(14)5-6-11(10)13/h5-8H,4,14H2,1-3H3. The lowest BCUT2D eigenvalue weighted by Gasteiger charge is -2.25. The van der Waals surface area contributed by atoms with E-state index in [0.29, 0.717) is 12.2 Å². The highest BCUT2D eigenvalue weighted by Crippen LogP contribution is 2.15. The number of carbonyl (C=O) groups excluding carboxylic acids is 1. The number of halogens is 1. The molecule has 1 aromatic carbocycles. The molecule has 1 amide bonds. The van der Waals surface area contributed by atoms with Crippen molar-refractivity contribution in [2.24, 2.45) is 0 Å². The molecule has 0 radical (unpaired) electrons. The first kappa shape index (κ1) is 12.5. The molecular weight excluding hydrogens is 207 g/mol. The molecule has 0 spiro atoms. The summed E-state index contributed by atoms with van der Waals surface area (Å²) in [5.74, 6) is -0.847. The van der Waals surface area contributed by atoms with E-state index in [1.165, 1.54) is 18.2 Å². The molecule has 0 saturated heterocycles. The molecule has 4 heteroatoms. The van der Waals surface area contributed by atoms with Gasteiger partial charge in [-0.2, -0.15) is 0 Å². The Kier molecular flexibility index (Phi) is 3.88. The lowest BCUT2D eigenvalue weighted by molar-refractivity contribution is 0.0712. The normalized spacial score (nSPS) is 10.6. The van der Waals surface area contributed by atoms with Gasteiger partial charge < -0.3 is 10.6 Å². The molecular formula is C12H17FN2O. The first-order chi connectivity index (χ1) is 7.47. The highest BCUT2D eigenvalue weighted by atomic mass is 19.1. The van der Waals surface area contributed by atoms with Crippen molar-refractivity contribution in [1.29, 1.82) is 0 Å². The summed E-state index contributed by atoms with van der Waals surface area (Å²) >= 11 is 0. The van der Waals surface area contributed by atoms with Crippen LogP contribution in [0, 0.1) is 5.82 Å². The molecule has 2 N–H and O–H groups in total. The van der Waals surface area contributed by atoms with Crippen molar-refractivity contribution in [1.82, 2.24) is 4.90 Å². The molecule has 0 aromatic heterocycles. The topological polar surface area (TPSA) is 46.3 Å². The van der Waals surface area contributed by atoms with Crippen molar-refractivity contribution in [3.8, 4) is 0 Å². The second-order valence-corrected chi connectivity index (χ2v) is 3.92. The highest BCUT2D eigenvalue weighted by Gasteiger charge is 2.20. The summed E-state index contributed by atoms with van der Waals surface area (Å²) in [6, 6.07) is 4.08. The minimum Gasteiger partial charge on any atom is -0.399 e. The minimum atomic E-state index is -0.529. The van der Waals surface area contributed by atoms with Crippen molar-refractivity contribution < 1.29 is 9.18 Å². The SMILES string of the molecule is CCN(C(=O)c1cc(N)ccc1F)C(C)C. The lowest BCUT2D eigenvalue weighted by atomic mass is 10.1. The predicted octanol–water partition coefficient (Wildman–Crippen LogP) is 2.28. The van der Waals surface area contributed by atoms with Gasteiger partial charge in [-0.1, -0.05) is 0 Å². The van der Waals surface area contributed by atoms with Crippen molar-refractivity contribution in [3.63, 3.8) is 0 Å². The summed E-state index contributed by atoms with van der Waals surface area (Å²) in [7, 11) is 0. The Bertz CT molecular complexity index is 391. The van der Waals surface area contributed by atoms with E-state index < -0.39 is 5.82 Å². The quantitative estimate of drug-likeness (QED) is 0.801. The van der Waals surface area contributed by atoms with Crippen LogP contribution >= 0.6 is 0 Å². The van der Waals surface area contributed by atoms with Crippen LogP contribution in [-0.2, 0) is 0 Å². The van der Waals surface area contributed by atoms with Crippen LogP contribution in [0.2, 0.25) is 0 Å². The van der Waals surface area contributed by atoms with Crippen LogP contribution in [-0.4, -0.2) is 23.4 Å². The van der Waals surface area contributed by atoms with Crippen LogP contribution < -0.4 is 5.73 Å². The average Bonchev–Trinajstić information content (AvgIpc) is 2.22. The number of hydrogen-bond donors (Lipinski definition) is 1. The third-order valence-corrected chi connectivity index (χ3v) is 2.45. The second-order valence-electron chi connectivity index (χ2n) is 3.92. The Morgan fingerprint density at radius 3 is 2.62 bits per heavy atom. The molecule has 1 aromatic rings. The lowest BCUT2D eigenvalue weighted by Crippen LogP contribution is -2.37. The first-order valence-electron chi connectivity index (χ1n) is 5.33. The molecule has 0 bridgehead atoms. The van der Waals surface area contributed by atoms with Crippen LogP contribution in [0.3, 0.4) is 0 Å². The summed E-state index contributed by atoms with van der Waals surface area (Å²) in [5, 5.41) is 0. The zero-order chi connectivity index (χ0) is 12.3. The zero-order valence-corrected chi connectivity index (χ0v) is 9.83. The largest absolute Gasteiger partial charge is 0.399 e. The number of nitrogen functional groups attached to an aromatic ring is 1. The Morgan fingerprint density at radius 1 is 1.50 bits per heavy atom. The fraction of sp³-hybridized carbons (Fsp3) is 0.417. The number of nitrogens with zero attached hydrogens (tertiary/aromatic N) is 1. The molecule has 0 atom stereocenters. The summed E-state index contributed by atoms with van der Waals surface area (Å²) in [6.07, 6.45) is 0. The Labute approximate surface area is 95.0 Å². The smallest absolute Gasteiger partial charge is 0.257 e. The van der Waals surface area contributed by atoms with E-state index >= 15 is 0 Å². The van der Waals surface area contributed by atoms with Crippen molar-refractivity contribution >= 4 is 11.6 Å². The summed E-state index contributed by atoms with van der Waals surface area (Å²) in [5.41, 5.74) is 5.98. The van der Waals surface area contributed by atoms with Crippen molar-refractivity contribution in [2.75, 3.05) is 12.3 Å². The van der Waals surface area contributed by atoms with Crippen LogP contribution in [0.1, 0.15) is 31.1 Å². The van der Waals surface area contributed by atoms with Gasteiger partial charge in [-0.25, -0.2) is 4.39 Å². The number of amides is 1. The van der Waals surface area contributed by atoms with E-state index in [9.17, 15) is 9.18 Å². The van der Waals surface area contributed by atoms with Crippen molar-refractivity contribution in [3.05, 3.63) is 29.6 Å². The second kappa shape index (κ2) is 4.96. The molecule has 1 rings (SSSR count). The van der Waals surface area contributed by atoms with Gasteiger partial charge >= 0.3 is 0 Å². The summed E-state index contributed by atoms with van der Waals surface area (Å²) in [6.45, 7) is 6.20. The third kappa shape index (κ3) is 2.51. The van der Waals surface area contributed by atoms with E-state index in [1.54, 1.807) is 4.90 Å². The number of carbonyl (C=O) groups is 1. The molecule has 0 aliphatic carbocycles. The van der Waals surface area contributed by atoms with Gasteiger partial charge in [0.1, 0.15) is 5.82 Å². The van der Waals surface area contributed by atoms with E-state index in [1.807, 2.05) is 20.8 Å². The molecule has 0 aliphatic heterocycles. The molecule has 0 aliphatic rings. The van der Waals surface area contributed by atoms with Gasteiger partial charge in [0, 0.05) is 18.3 Å². The Balaban J connectivity index is 3.08. The van der Waals surface area contributed by atoms with Gasteiger partial charge in [-0.05, 0) is 39.0 Å². The number of anilines is 1. The maximum atomic E-state index is 13.5. The van der Waals surface area contributed by atoms with Gasteiger partial charge in [-0.3, -0.25) is 4.79 Å². The minimum absolute atomic E-state index is 0.0375. The monoisotopic (exact) mass is 224 g/mol. The first-order valence-corrected chi connectivity index (χ1v) is 5.33. The molecule has 0 fully saturated rings. The molecule has 88 valence electrons. The number of nitrogens with two attached hydrogens (primary N) is 1. The number of hydrogen-bond acceptors (Lipinski definition) is 2. The van der Waals surface area contributed by atoms with Crippen molar-refractivity contribution in [2.45, 2.75) is 26.8 Å². The average molecular weight is 224 g/mol.